The number of hydrogen-bond acceptors (Lipinski definition) is 2. The van der Waals surface area contributed by atoms with Gasteiger partial charge in [0.1, 0.15) is 0 Å². The summed E-state index contributed by atoms with van der Waals surface area (Å²) in [5.74, 6) is 0.810. The van der Waals surface area contributed by atoms with E-state index in [1.807, 2.05) is 0 Å². The fraction of sp³-hybridized carbons (Fsp3) is 1.00. The van der Waals surface area contributed by atoms with Gasteiger partial charge in [-0.15, -0.1) is 0 Å². The highest BCUT2D eigenvalue weighted by Crippen LogP contribution is 2.14. The molecule has 1 rings (SSSR count). The molecule has 1 heterocycles. The maximum absolute atomic E-state index is 3.48. The van der Waals surface area contributed by atoms with Crippen LogP contribution in [0.3, 0.4) is 0 Å². The van der Waals surface area contributed by atoms with E-state index < -0.39 is 0 Å². The van der Waals surface area contributed by atoms with Gasteiger partial charge in [0.25, 0.3) is 0 Å². The third-order valence-electron chi connectivity index (χ3n) is 2.83. The summed E-state index contributed by atoms with van der Waals surface area (Å²) in [5.41, 5.74) is 0. The van der Waals surface area contributed by atoms with Crippen molar-refractivity contribution >= 4 is 0 Å². The van der Waals surface area contributed by atoms with E-state index in [1.54, 1.807) is 0 Å². The van der Waals surface area contributed by atoms with Gasteiger partial charge in [-0.25, -0.2) is 0 Å². The number of nitrogens with zero attached hydrogens (tertiary/aromatic N) is 1. The molecule has 0 saturated carbocycles. The Bertz CT molecular complexity index is 134. The Kier molecular flexibility index (Phi) is 3.53. The van der Waals surface area contributed by atoms with Crippen molar-refractivity contribution < 1.29 is 0 Å². The highest BCUT2D eigenvalue weighted by molar-refractivity contribution is 4.83. The lowest BCUT2D eigenvalue weighted by molar-refractivity contribution is 0.124. The Morgan fingerprint density at radius 2 is 2.08 bits per heavy atom. The van der Waals surface area contributed by atoms with Crippen molar-refractivity contribution in [1.82, 2.24) is 10.2 Å². The number of nitrogens with one attached hydrogen (secondary N) is 1. The van der Waals surface area contributed by atoms with Crippen LogP contribution in [-0.2, 0) is 0 Å². The van der Waals surface area contributed by atoms with Gasteiger partial charge in [0, 0.05) is 25.2 Å². The smallest absolute Gasteiger partial charge is 0.0223 e. The molecule has 0 bridgehead atoms. The van der Waals surface area contributed by atoms with E-state index in [9.17, 15) is 0 Å². The van der Waals surface area contributed by atoms with E-state index in [2.05, 4.69) is 38.0 Å². The van der Waals surface area contributed by atoms with Crippen LogP contribution in [0.15, 0.2) is 0 Å². The first-order chi connectivity index (χ1) is 5.61. The van der Waals surface area contributed by atoms with Gasteiger partial charge in [-0.1, -0.05) is 13.8 Å². The van der Waals surface area contributed by atoms with E-state index in [0.717, 1.165) is 18.5 Å². The van der Waals surface area contributed by atoms with Crippen molar-refractivity contribution in [2.45, 2.75) is 39.3 Å². The molecular weight excluding hydrogens is 148 g/mol. The maximum atomic E-state index is 3.48. The zero-order chi connectivity index (χ0) is 9.14. The molecule has 1 fully saturated rings. The van der Waals surface area contributed by atoms with E-state index in [0.29, 0.717) is 6.04 Å². The quantitative estimate of drug-likeness (QED) is 0.672. The Hall–Kier alpha value is -0.0800. The first-order valence-corrected chi connectivity index (χ1v) is 5.04. The minimum atomic E-state index is 0.697. The van der Waals surface area contributed by atoms with E-state index in [1.165, 1.54) is 13.0 Å². The zero-order valence-electron chi connectivity index (χ0n) is 8.80. The van der Waals surface area contributed by atoms with Crippen LogP contribution in [0.2, 0.25) is 0 Å². The molecule has 12 heavy (non-hydrogen) atoms. The second-order valence-corrected chi connectivity index (χ2v) is 4.46. The molecule has 0 aromatic heterocycles. The van der Waals surface area contributed by atoms with Crippen LogP contribution in [0, 0.1) is 5.92 Å². The molecule has 0 radical (unpaired) electrons. The second-order valence-electron chi connectivity index (χ2n) is 4.46. The zero-order valence-corrected chi connectivity index (χ0v) is 8.80. The summed E-state index contributed by atoms with van der Waals surface area (Å²) in [6, 6.07) is 1.44. The van der Waals surface area contributed by atoms with Crippen molar-refractivity contribution in [3.05, 3.63) is 0 Å². The van der Waals surface area contributed by atoms with Crippen LogP contribution in [0.5, 0.6) is 0 Å². The lowest BCUT2D eigenvalue weighted by Crippen LogP contribution is -2.54. The van der Waals surface area contributed by atoms with Gasteiger partial charge in [0.05, 0.1) is 0 Å². The van der Waals surface area contributed by atoms with Crippen molar-refractivity contribution in [1.29, 1.82) is 0 Å². The average molecular weight is 170 g/mol. The predicted octanol–water partition coefficient (Wildman–Crippen LogP) is 1.32. The molecule has 0 aromatic carbocycles. The van der Waals surface area contributed by atoms with Crippen LogP contribution in [0.1, 0.15) is 27.2 Å². The minimum absolute atomic E-state index is 0.697. The van der Waals surface area contributed by atoms with Crippen molar-refractivity contribution in [3.8, 4) is 0 Å². The number of rotatable bonds is 2. The Labute approximate surface area is 76.3 Å². The van der Waals surface area contributed by atoms with Gasteiger partial charge in [-0.05, 0) is 26.3 Å². The van der Waals surface area contributed by atoms with Gasteiger partial charge in [0.2, 0.25) is 0 Å². The molecule has 2 heteroatoms. The maximum Gasteiger partial charge on any atom is 0.0223 e. The molecule has 2 nitrogen and oxygen atoms in total. The van der Waals surface area contributed by atoms with Gasteiger partial charge in [-0.3, -0.25) is 4.90 Å². The van der Waals surface area contributed by atoms with Gasteiger partial charge in [0.15, 0.2) is 0 Å². The lowest BCUT2D eigenvalue weighted by Gasteiger charge is -2.39. The normalized spacial score (nSPS) is 32.8. The van der Waals surface area contributed by atoms with E-state index in [4.69, 9.17) is 0 Å². The Morgan fingerprint density at radius 1 is 1.42 bits per heavy atom. The fourth-order valence-electron chi connectivity index (χ4n) is 1.90. The summed E-state index contributed by atoms with van der Waals surface area (Å²) in [6.45, 7) is 9.20. The molecule has 0 aromatic rings. The molecule has 1 aliphatic heterocycles. The van der Waals surface area contributed by atoms with Crippen LogP contribution in [0.25, 0.3) is 0 Å². The van der Waals surface area contributed by atoms with Crippen LogP contribution >= 0.6 is 0 Å². The summed E-state index contributed by atoms with van der Waals surface area (Å²) < 4.78 is 0. The molecule has 1 aliphatic rings. The topological polar surface area (TPSA) is 15.3 Å². The van der Waals surface area contributed by atoms with E-state index >= 15 is 0 Å². The molecule has 0 aliphatic carbocycles. The van der Waals surface area contributed by atoms with Gasteiger partial charge < -0.3 is 5.32 Å². The number of piperazine rings is 1. The summed E-state index contributed by atoms with van der Waals surface area (Å²) in [4.78, 5) is 2.51. The fourth-order valence-corrected chi connectivity index (χ4v) is 1.90. The SMILES string of the molecule is CC(C)CC1CNCC(C)N1C. The Balaban J connectivity index is 2.41. The first-order valence-electron chi connectivity index (χ1n) is 5.04. The first kappa shape index (κ1) is 10.0. The highest BCUT2D eigenvalue weighted by Gasteiger charge is 2.24. The molecule has 2 unspecified atom stereocenters. The van der Waals surface area contributed by atoms with Crippen LogP contribution in [0.4, 0.5) is 0 Å². The average Bonchev–Trinajstić information content (AvgIpc) is 1.98. The summed E-state index contributed by atoms with van der Waals surface area (Å²) in [5, 5.41) is 3.48. The summed E-state index contributed by atoms with van der Waals surface area (Å²) in [6.07, 6.45) is 1.31. The van der Waals surface area contributed by atoms with Gasteiger partial charge in [-0.2, -0.15) is 0 Å². The third kappa shape index (κ3) is 2.46. The number of likely N-dealkylation sites (N-methyl/N-ethyl adjacent to an activating group) is 1. The predicted molar refractivity (Wildman–Crippen MR) is 53.3 cm³/mol. The third-order valence-corrected chi connectivity index (χ3v) is 2.83. The monoisotopic (exact) mass is 170 g/mol. The lowest BCUT2D eigenvalue weighted by atomic mass is 9.99. The van der Waals surface area contributed by atoms with Crippen LogP contribution < -0.4 is 5.32 Å². The molecule has 1 N–H and O–H groups in total. The van der Waals surface area contributed by atoms with Crippen molar-refractivity contribution in [2.75, 3.05) is 20.1 Å². The number of hydrogen-bond donors (Lipinski definition) is 1. The van der Waals surface area contributed by atoms with Crippen molar-refractivity contribution in [2.24, 2.45) is 5.92 Å². The van der Waals surface area contributed by atoms with Crippen LogP contribution in [-0.4, -0.2) is 37.1 Å². The molecule has 1 saturated heterocycles. The highest BCUT2D eigenvalue weighted by atomic mass is 15.2. The molecule has 0 spiro atoms. The molecule has 2 atom stereocenters. The molecule has 72 valence electrons. The van der Waals surface area contributed by atoms with Crippen molar-refractivity contribution in [3.63, 3.8) is 0 Å². The molecule has 0 amide bonds. The van der Waals surface area contributed by atoms with Gasteiger partial charge >= 0.3 is 0 Å². The Morgan fingerprint density at radius 3 is 2.67 bits per heavy atom. The summed E-state index contributed by atoms with van der Waals surface area (Å²) >= 11 is 0. The minimum Gasteiger partial charge on any atom is -0.314 e. The largest absolute Gasteiger partial charge is 0.314 e. The molecular formula is C10H22N2. The van der Waals surface area contributed by atoms with E-state index in [-0.39, 0.29) is 0 Å². The summed E-state index contributed by atoms with van der Waals surface area (Å²) in [7, 11) is 2.25. The second kappa shape index (κ2) is 4.24. The standard InChI is InChI=1S/C10H22N2/c1-8(2)5-10-7-11-6-9(3)12(10)4/h8-11H,5-7H2,1-4H3.